The Hall–Kier alpha value is -1.85. The van der Waals surface area contributed by atoms with Crippen molar-refractivity contribution in [1.82, 2.24) is 14.7 Å². The highest BCUT2D eigenvalue weighted by Crippen LogP contribution is 2.35. The van der Waals surface area contributed by atoms with Crippen molar-refractivity contribution in [3.8, 4) is 0 Å². The predicted octanol–water partition coefficient (Wildman–Crippen LogP) is 1.70. The van der Waals surface area contributed by atoms with Gasteiger partial charge < -0.3 is 10.0 Å². The Morgan fingerprint density at radius 1 is 1.33 bits per heavy atom. The second-order valence-corrected chi connectivity index (χ2v) is 5.75. The van der Waals surface area contributed by atoms with Crippen molar-refractivity contribution in [2.75, 3.05) is 13.1 Å². The molecule has 2 rings (SSSR count). The SMILES string of the molecule is CCc1nn(C)cc1C(=O)N1CCC(CC)(C(=O)O)CC1. The molecule has 0 atom stereocenters. The van der Waals surface area contributed by atoms with Gasteiger partial charge in [0.2, 0.25) is 0 Å². The Kier molecular flexibility index (Phi) is 4.34. The van der Waals surface area contributed by atoms with Crippen LogP contribution in [0, 0.1) is 5.41 Å². The molecule has 0 aromatic carbocycles. The number of carbonyl (C=O) groups excluding carboxylic acids is 1. The number of hydrogen-bond donors (Lipinski definition) is 1. The van der Waals surface area contributed by atoms with E-state index in [1.807, 2.05) is 13.8 Å². The van der Waals surface area contributed by atoms with Gasteiger partial charge in [0.15, 0.2) is 0 Å². The second kappa shape index (κ2) is 5.87. The maximum atomic E-state index is 12.6. The van der Waals surface area contributed by atoms with E-state index >= 15 is 0 Å². The highest BCUT2D eigenvalue weighted by molar-refractivity contribution is 5.95. The molecular weight excluding hydrogens is 270 g/mol. The van der Waals surface area contributed by atoms with E-state index in [0.717, 1.165) is 5.69 Å². The standard InChI is InChI=1S/C15H23N3O3/c1-4-12-11(10-17(3)16-12)13(19)18-8-6-15(5-2,7-9-18)14(20)21/h10H,4-9H2,1-3H3,(H,20,21). The van der Waals surface area contributed by atoms with E-state index in [4.69, 9.17) is 0 Å². The Morgan fingerprint density at radius 2 is 1.95 bits per heavy atom. The molecular formula is C15H23N3O3. The number of hydrogen-bond acceptors (Lipinski definition) is 3. The van der Waals surface area contributed by atoms with Crippen LogP contribution in [0.4, 0.5) is 0 Å². The van der Waals surface area contributed by atoms with Gasteiger partial charge >= 0.3 is 5.97 Å². The zero-order valence-electron chi connectivity index (χ0n) is 12.9. The molecule has 0 spiro atoms. The summed E-state index contributed by atoms with van der Waals surface area (Å²) in [5, 5.41) is 13.7. The van der Waals surface area contributed by atoms with E-state index in [0.29, 0.717) is 44.3 Å². The summed E-state index contributed by atoms with van der Waals surface area (Å²) < 4.78 is 1.66. The quantitative estimate of drug-likeness (QED) is 0.916. The van der Waals surface area contributed by atoms with Crippen LogP contribution in [0.25, 0.3) is 0 Å². The molecule has 6 nitrogen and oxygen atoms in total. The zero-order valence-corrected chi connectivity index (χ0v) is 12.9. The first-order valence-corrected chi connectivity index (χ1v) is 7.48. The molecule has 0 saturated carbocycles. The molecule has 2 heterocycles. The first-order chi connectivity index (χ1) is 9.93. The molecule has 1 aliphatic heterocycles. The van der Waals surface area contributed by atoms with Crippen LogP contribution in [0.1, 0.15) is 49.2 Å². The van der Waals surface area contributed by atoms with E-state index < -0.39 is 11.4 Å². The number of amides is 1. The van der Waals surface area contributed by atoms with Crippen LogP contribution >= 0.6 is 0 Å². The third-order valence-electron chi connectivity index (χ3n) is 4.61. The number of aromatic nitrogens is 2. The number of aryl methyl sites for hydroxylation is 2. The third-order valence-corrected chi connectivity index (χ3v) is 4.61. The molecule has 0 radical (unpaired) electrons. The van der Waals surface area contributed by atoms with Crippen LogP contribution < -0.4 is 0 Å². The lowest BCUT2D eigenvalue weighted by Gasteiger charge is -2.38. The Balaban J connectivity index is 2.11. The van der Waals surface area contributed by atoms with Gasteiger partial charge in [-0.25, -0.2) is 0 Å². The molecule has 116 valence electrons. The van der Waals surface area contributed by atoms with Crippen molar-refractivity contribution in [2.24, 2.45) is 12.5 Å². The van der Waals surface area contributed by atoms with E-state index in [1.54, 1.807) is 22.8 Å². The van der Waals surface area contributed by atoms with Crippen molar-refractivity contribution in [2.45, 2.75) is 39.5 Å². The van der Waals surface area contributed by atoms with Crippen molar-refractivity contribution in [3.05, 3.63) is 17.5 Å². The average Bonchev–Trinajstić information content (AvgIpc) is 2.87. The molecule has 1 amide bonds. The number of rotatable bonds is 4. The van der Waals surface area contributed by atoms with Gasteiger partial charge in [0.05, 0.1) is 16.7 Å². The summed E-state index contributed by atoms with van der Waals surface area (Å²) in [5.74, 6) is -0.775. The molecule has 1 N–H and O–H groups in total. The number of carboxylic acids is 1. The topological polar surface area (TPSA) is 75.4 Å². The lowest BCUT2D eigenvalue weighted by molar-refractivity contribution is -0.152. The highest BCUT2D eigenvalue weighted by atomic mass is 16.4. The molecule has 1 aromatic rings. The van der Waals surface area contributed by atoms with E-state index in [-0.39, 0.29) is 5.91 Å². The van der Waals surface area contributed by atoms with Gasteiger partial charge in [-0.3, -0.25) is 14.3 Å². The van der Waals surface area contributed by atoms with Crippen molar-refractivity contribution in [1.29, 1.82) is 0 Å². The Bertz CT molecular complexity index is 542. The van der Waals surface area contributed by atoms with E-state index in [2.05, 4.69) is 5.10 Å². The summed E-state index contributed by atoms with van der Waals surface area (Å²) in [7, 11) is 1.80. The summed E-state index contributed by atoms with van der Waals surface area (Å²) in [5.41, 5.74) is 0.770. The summed E-state index contributed by atoms with van der Waals surface area (Å²) >= 11 is 0. The molecule has 21 heavy (non-hydrogen) atoms. The first kappa shape index (κ1) is 15.5. The van der Waals surface area contributed by atoms with Crippen LogP contribution in [-0.4, -0.2) is 44.8 Å². The smallest absolute Gasteiger partial charge is 0.309 e. The molecule has 1 fully saturated rings. The zero-order chi connectivity index (χ0) is 15.6. The van der Waals surface area contributed by atoms with Gasteiger partial charge in [0.1, 0.15) is 0 Å². The third kappa shape index (κ3) is 2.80. The van der Waals surface area contributed by atoms with Crippen molar-refractivity contribution >= 4 is 11.9 Å². The average molecular weight is 293 g/mol. The van der Waals surface area contributed by atoms with Crippen LogP contribution in [0.15, 0.2) is 6.20 Å². The normalized spacial score (nSPS) is 17.8. The molecule has 0 aliphatic carbocycles. The van der Waals surface area contributed by atoms with E-state index in [1.165, 1.54) is 0 Å². The molecule has 0 unspecified atom stereocenters. The van der Waals surface area contributed by atoms with Gasteiger partial charge in [-0.15, -0.1) is 0 Å². The summed E-state index contributed by atoms with van der Waals surface area (Å²) in [6, 6.07) is 0. The number of likely N-dealkylation sites (tertiary alicyclic amines) is 1. The fourth-order valence-electron chi connectivity index (χ4n) is 3.00. The van der Waals surface area contributed by atoms with Crippen LogP contribution in [0.3, 0.4) is 0 Å². The minimum atomic E-state index is -0.743. The minimum absolute atomic E-state index is 0.0324. The maximum absolute atomic E-state index is 12.6. The minimum Gasteiger partial charge on any atom is -0.481 e. The number of nitrogens with zero attached hydrogens (tertiary/aromatic N) is 3. The first-order valence-electron chi connectivity index (χ1n) is 7.48. The predicted molar refractivity (Wildman–Crippen MR) is 78.1 cm³/mol. The molecule has 1 saturated heterocycles. The lowest BCUT2D eigenvalue weighted by atomic mass is 9.76. The number of carboxylic acid groups (broad SMARTS) is 1. The maximum Gasteiger partial charge on any atom is 0.309 e. The fraction of sp³-hybridized carbons (Fsp3) is 0.667. The summed E-state index contributed by atoms with van der Waals surface area (Å²) in [6.45, 7) is 4.87. The fourth-order valence-corrected chi connectivity index (χ4v) is 3.00. The van der Waals surface area contributed by atoms with Gasteiger partial charge in [0.25, 0.3) is 5.91 Å². The number of carbonyl (C=O) groups is 2. The van der Waals surface area contributed by atoms with Crippen LogP contribution in [0.5, 0.6) is 0 Å². The molecule has 6 heteroatoms. The monoisotopic (exact) mass is 293 g/mol. The Morgan fingerprint density at radius 3 is 2.43 bits per heavy atom. The second-order valence-electron chi connectivity index (χ2n) is 5.75. The summed E-state index contributed by atoms with van der Waals surface area (Å²) in [4.78, 5) is 25.8. The Labute approximate surface area is 124 Å². The molecule has 1 aliphatic rings. The number of aliphatic carboxylic acids is 1. The van der Waals surface area contributed by atoms with Crippen molar-refractivity contribution in [3.63, 3.8) is 0 Å². The lowest BCUT2D eigenvalue weighted by Crippen LogP contribution is -2.46. The molecule has 0 bridgehead atoms. The van der Waals surface area contributed by atoms with Gasteiger partial charge in [-0.1, -0.05) is 13.8 Å². The van der Waals surface area contributed by atoms with Gasteiger partial charge in [-0.2, -0.15) is 5.10 Å². The van der Waals surface area contributed by atoms with E-state index in [9.17, 15) is 14.7 Å². The number of piperidine rings is 1. The van der Waals surface area contributed by atoms with Gasteiger partial charge in [0, 0.05) is 26.3 Å². The highest BCUT2D eigenvalue weighted by Gasteiger charge is 2.41. The van der Waals surface area contributed by atoms with Crippen molar-refractivity contribution < 1.29 is 14.7 Å². The molecule has 1 aromatic heterocycles. The van der Waals surface area contributed by atoms with Crippen LogP contribution in [0.2, 0.25) is 0 Å². The largest absolute Gasteiger partial charge is 0.481 e. The van der Waals surface area contributed by atoms with Gasteiger partial charge in [-0.05, 0) is 25.7 Å². The summed E-state index contributed by atoms with van der Waals surface area (Å²) in [6.07, 6.45) is 4.11. The van der Waals surface area contributed by atoms with Crippen LogP contribution in [-0.2, 0) is 18.3 Å².